The summed E-state index contributed by atoms with van der Waals surface area (Å²) in [5.41, 5.74) is 0. The molecule has 1 heterocycles. The van der Waals surface area contributed by atoms with Crippen LogP contribution in [0.2, 0.25) is 0 Å². The molecule has 0 bridgehead atoms. The van der Waals surface area contributed by atoms with Gasteiger partial charge in [0, 0.05) is 0 Å². The molecule has 1 aliphatic heterocycles. The van der Waals surface area contributed by atoms with E-state index in [4.69, 9.17) is 14.9 Å². The van der Waals surface area contributed by atoms with Gasteiger partial charge in [-0.2, -0.15) is 0 Å². The van der Waals surface area contributed by atoms with Gasteiger partial charge in [-0.3, -0.25) is 0 Å². The molecule has 0 amide bonds. The Morgan fingerprint density at radius 1 is 1.44 bits per heavy atom. The average Bonchev–Trinajstić information content (AvgIpc) is 1.83. The van der Waals surface area contributed by atoms with Crippen LogP contribution in [0.1, 0.15) is 6.92 Å². The molecule has 52 valence electrons. The van der Waals surface area contributed by atoms with Gasteiger partial charge < -0.3 is 14.9 Å². The monoisotopic (exact) mass is 130 g/mol. The summed E-state index contributed by atoms with van der Waals surface area (Å²) in [6.07, 6.45) is 0.973. The Kier molecular flexibility index (Phi) is 1.73. The highest BCUT2D eigenvalue weighted by atomic mass is 16.5. The van der Waals surface area contributed by atoms with Crippen molar-refractivity contribution in [2.45, 2.75) is 25.2 Å². The number of hydrogen-bond acceptors (Lipinski definition) is 3. The molecule has 3 atom stereocenters. The summed E-state index contributed by atoms with van der Waals surface area (Å²) >= 11 is 0. The third-order valence-corrected chi connectivity index (χ3v) is 1.40. The molecule has 1 unspecified atom stereocenters. The van der Waals surface area contributed by atoms with E-state index in [2.05, 4.69) is 0 Å². The van der Waals surface area contributed by atoms with Crippen molar-refractivity contribution >= 4 is 0 Å². The summed E-state index contributed by atoms with van der Waals surface area (Å²) in [6, 6.07) is 0. The quantitative estimate of drug-likeness (QED) is 0.471. The van der Waals surface area contributed by atoms with E-state index in [9.17, 15) is 0 Å². The van der Waals surface area contributed by atoms with Crippen molar-refractivity contribution in [1.29, 1.82) is 0 Å². The van der Waals surface area contributed by atoms with E-state index >= 15 is 0 Å². The third-order valence-electron chi connectivity index (χ3n) is 1.40. The molecule has 9 heavy (non-hydrogen) atoms. The van der Waals surface area contributed by atoms with Crippen LogP contribution in [-0.4, -0.2) is 28.5 Å². The Balaban J connectivity index is 2.58. The zero-order chi connectivity index (χ0) is 6.85. The van der Waals surface area contributed by atoms with Gasteiger partial charge in [0.2, 0.25) is 0 Å². The van der Waals surface area contributed by atoms with Gasteiger partial charge in [0.15, 0.2) is 0 Å². The van der Waals surface area contributed by atoms with Crippen LogP contribution in [0.15, 0.2) is 12.3 Å². The lowest BCUT2D eigenvalue weighted by Crippen LogP contribution is -2.37. The largest absolute Gasteiger partial charge is 0.496 e. The first-order valence-corrected chi connectivity index (χ1v) is 2.90. The highest BCUT2D eigenvalue weighted by Crippen LogP contribution is 2.10. The van der Waals surface area contributed by atoms with Gasteiger partial charge >= 0.3 is 0 Å². The Hall–Kier alpha value is -0.540. The molecule has 0 aromatic heterocycles. The topological polar surface area (TPSA) is 49.7 Å². The fourth-order valence-corrected chi connectivity index (χ4v) is 0.722. The minimum Gasteiger partial charge on any atom is -0.496 e. The molecule has 0 radical (unpaired) electrons. The molecule has 0 saturated heterocycles. The van der Waals surface area contributed by atoms with E-state index < -0.39 is 12.2 Å². The van der Waals surface area contributed by atoms with E-state index in [1.807, 2.05) is 0 Å². The van der Waals surface area contributed by atoms with Crippen LogP contribution < -0.4 is 0 Å². The van der Waals surface area contributed by atoms with E-state index in [0.29, 0.717) is 0 Å². The zero-order valence-corrected chi connectivity index (χ0v) is 5.19. The second-order valence-electron chi connectivity index (χ2n) is 2.15. The van der Waals surface area contributed by atoms with E-state index in [-0.39, 0.29) is 6.10 Å². The maximum Gasteiger partial charge on any atom is 0.124 e. The number of aliphatic hydroxyl groups is 2. The van der Waals surface area contributed by atoms with Gasteiger partial charge in [-0.05, 0) is 13.0 Å². The lowest BCUT2D eigenvalue weighted by atomic mass is 10.1. The normalized spacial score (nSPS) is 42.3. The van der Waals surface area contributed by atoms with Crippen molar-refractivity contribution in [3.63, 3.8) is 0 Å². The first kappa shape index (κ1) is 6.58. The molecule has 1 rings (SSSR count). The average molecular weight is 130 g/mol. The van der Waals surface area contributed by atoms with Gasteiger partial charge in [-0.15, -0.1) is 0 Å². The van der Waals surface area contributed by atoms with Crippen molar-refractivity contribution in [3.8, 4) is 0 Å². The lowest BCUT2D eigenvalue weighted by Gasteiger charge is -2.24. The molecule has 0 saturated carbocycles. The first-order valence-electron chi connectivity index (χ1n) is 2.90. The number of aliphatic hydroxyl groups excluding tert-OH is 2. The van der Waals surface area contributed by atoms with Crippen LogP contribution in [0.25, 0.3) is 0 Å². The van der Waals surface area contributed by atoms with Crippen LogP contribution in [0, 0.1) is 0 Å². The Bertz CT molecular complexity index is 121. The summed E-state index contributed by atoms with van der Waals surface area (Å²) in [5.74, 6) is 0. The molecule has 0 spiro atoms. The van der Waals surface area contributed by atoms with Crippen molar-refractivity contribution < 1.29 is 14.9 Å². The lowest BCUT2D eigenvalue weighted by molar-refractivity contribution is -0.0543. The minimum atomic E-state index is -0.782. The fraction of sp³-hybridized carbons (Fsp3) is 0.667. The molecule has 1 aliphatic rings. The molecule has 3 nitrogen and oxygen atoms in total. The molecule has 0 aromatic rings. The van der Waals surface area contributed by atoms with Crippen LogP contribution in [0.4, 0.5) is 0 Å². The molecule has 2 N–H and O–H groups in total. The first-order chi connectivity index (χ1) is 4.22. The highest BCUT2D eigenvalue weighted by Gasteiger charge is 2.24. The standard InChI is InChI=1S/C6H10O3/c1-4-6(8)5(7)2-3-9-4/h2-8H,1H3/t4?,5-,6-/m0/s1. The summed E-state index contributed by atoms with van der Waals surface area (Å²) in [4.78, 5) is 0. The van der Waals surface area contributed by atoms with Gasteiger partial charge in [0.25, 0.3) is 0 Å². The maximum absolute atomic E-state index is 9.02. The molecule has 3 heteroatoms. The van der Waals surface area contributed by atoms with Gasteiger partial charge in [0.05, 0.1) is 6.26 Å². The number of ether oxygens (including phenoxy) is 1. The number of rotatable bonds is 0. The second kappa shape index (κ2) is 2.37. The van der Waals surface area contributed by atoms with Crippen molar-refractivity contribution in [1.82, 2.24) is 0 Å². The van der Waals surface area contributed by atoms with Crippen molar-refractivity contribution in [2.24, 2.45) is 0 Å². The van der Waals surface area contributed by atoms with Crippen LogP contribution >= 0.6 is 0 Å². The summed E-state index contributed by atoms with van der Waals surface area (Å²) in [7, 11) is 0. The highest BCUT2D eigenvalue weighted by molar-refractivity contribution is 4.95. The SMILES string of the molecule is CC1OC=C[C@H](O)[C@H]1O. The molecule has 0 aromatic carbocycles. The van der Waals surface area contributed by atoms with Gasteiger partial charge in [-0.25, -0.2) is 0 Å². The predicted octanol–water partition coefficient (Wildman–Crippen LogP) is -0.359. The van der Waals surface area contributed by atoms with Gasteiger partial charge in [0.1, 0.15) is 18.3 Å². The number of hydrogen-bond donors (Lipinski definition) is 2. The van der Waals surface area contributed by atoms with Gasteiger partial charge in [-0.1, -0.05) is 0 Å². The Morgan fingerprint density at radius 3 is 2.56 bits per heavy atom. The van der Waals surface area contributed by atoms with E-state index in [1.54, 1.807) is 6.92 Å². The summed E-state index contributed by atoms with van der Waals surface area (Å²) < 4.78 is 4.87. The second-order valence-corrected chi connectivity index (χ2v) is 2.15. The van der Waals surface area contributed by atoms with Crippen LogP contribution in [-0.2, 0) is 4.74 Å². The fourth-order valence-electron chi connectivity index (χ4n) is 0.722. The molecular formula is C6H10O3. The molecule has 0 aliphatic carbocycles. The molecule has 0 fully saturated rings. The van der Waals surface area contributed by atoms with E-state index in [0.717, 1.165) is 0 Å². The van der Waals surface area contributed by atoms with Crippen molar-refractivity contribution in [3.05, 3.63) is 12.3 Å². The zero-order valence-electron chi connectivity index (χ0n) is 5.19. The third kappa shape index (κ3) is 1.23. The summed E-state index contributed by atoms with van der Waals surface area (Å²) in [5, 5.41) is 18.0. The van der Waals surface area contributed by atoms with Crippen molar-refractivity contribution in [2.75, 3.05) is 0 Å². The van der Waals surface area contributed by atoms with E-state index in [1.165, 1.54) is 12.3 Å². The minimum absolute atomic E-state index is 0.301. The Labute approximate surface area is 53.6 Å². The van der Waals surface area contributed by atoms with Crippen LogP contribution in [0.3, 0.4) is 0 Å². The summed E-state index contributed by atoms with van der Waals surface area (Å²) in [6.45, 7) is 1.71. The smallest absolute Gasteiger partial charge is 0.124 e. The predicted molar refractivity (Wildman–Crippen MR) is 31.7 cm³/mol. The van der Waals surface area contributed by atoms with Crippen LogP contribution in [0.5, 0.6) is 0 Å². The Morgan fingerprint density at radius 2 is 2.11 bits per heavy atom. The molecular weight excluding hydrogens is 120 g/mol. The maximum atomic E-state index is 9.02.